The molecule has 0 fully saturated rings. The number of rotatable bonds is 0. The van der Waals surface area contributed by atoms with E-state index in [1.54, 1.807) is 4.68 Å². The van der Waals surface area contributed by atoms with Crippen LogP contribution < -0.4 is 16.3 Å². The SMILES string of the molecule is C=c1ccccc(=C)c2c(cc1)c1ccc3ccccc3c1n2N. The molecule has 1 heterocycles. The first-order valence-corrected chi connectivity index (χ1v) is 7.89. The van der Waals surface area contributed by atoms with Crippen molar-refractivity contribution < 1.29 is 0 Å². The fraction of sp³-hybridized carbons (Fsp3) is 0. The summed E-state index contributed by atoms with van der Waals surface area (Å²) in [5.41, 5.74) is 1.95. The van der Waals surface area contributed by atoms with Gasteiger partial charge in [0.05, 0.1) is 11.0 Å². The minimum absolute atomic E-state index is 0.884. The molecule has 3 aromatic carbocycles. The van der Waals surface area contributed by atoms with Gasteiger partial charge in [-0.05, 0) is 15.8 Å². The molecular formula is C22H18N2. The molecule has 2 nitrogen and oxygen atoms in total. The van der Waals surface area contributed by atoms with E-state index in [4.69, 9.17) is 5.84 Å². The van der Waals surface area contributed by atoms with Crippen molar-refractivity contribution >= 4 is 45.7 Å². The molecular weight excluding hydrogens is 292 g/mol. The van der Waals surface area contributed by atoms with E-state index in [2.05, 4.69) is 43.5 Å². The largest absolute Gasteiger partial charge is 0.339 e. The Balaban J connectivity index is 2.38. The van der Waals surface area contributed by atoms with Crippen molar-refractivity contribution in [2.75, 3.05) is 5.84 Å². The van der Waals surface area contributed by atoms with Crippen LogP contribution in [0.4, 0.5) is 0 Å². The van der Waals surface area contributed by atoms with Gasteiger partial charge in [-0.1, -0.05) is 86.0 Å². The summed E-state index contributed by atoms with van der Waals surface area (Å²) >= 11 is 0. The summed E-state index contributed by atoms with van der Waals surface area (Å²) in [5.74, 6) is 6.51. The molecule has 0 atom stereocenters. The Kier molecular flexibility index (Phi) is 3.24. The van der Waals surface area contributed by atoms with Crippen LogP contribution >= 0.6 is 0 Å². The van der Waals surface area contributed by atoms with Gasteiger partial charge in [0, 0.05) is 16.2 Å². The van der Waals surface area contributed by atoms with Crippen LogP contribution in [-0.2, 0) is 0 Å². The molecule has 0 bridgehead atoms. The van der Waals surface area contributed by atoms with Gasteiger partial charge in [-0.3, -0.25) is 4.68 Å². The number of nitrogen functional groups attached to an aromatic ring is 1. The second kappa shape index (κ2) is 5.43. The van der Waals surface area contributed by atoms with Crippen molar-refractivity contribution in [1.82, 2.24) is 4.68 Å². The van der Waals surface area contributed by atoms with Crippen LogP contribution in [0.15, 0.2) is 72.8 Å². The molecule has 4 rings (SSSR count). The number of hydrogen-bond acceptors (Lipinski definition) is 1. The lowest BCUT2D eigenvalue weighted by molar-refractivity contribution is 1.12. The number of aromatic nitrogens is 1. The predicted molar refractivity (Wildman–Crippen MR) is 105 cm³/mol. The fourth-order valence-corrected chi connectivity index (χ4v) is 3.27. The lowest BCUT2D eigenvalue weighted by atomic mass is 10.1. The van der Waals surface area contributed by atoms with E-state index in [1.807, 2.05) is 42.5 Å². The minimum Gasteiger partial charge on any atom is -0.339 e. The summed E-state index contributed by atoms with van der Waals surface area (Å²) in [4.78, 5) is 0. The van der Waals surface area contributed by atoms with Crippen molar-refractivity contribution in [2.24, 2.45) is 0 Å². The van der Waals surface area contributed by atoms with Gasteiger partial charge < -0.3 is 5.84 Å². The number of hydrogen-bond donors (Lipinski definition) is 1. The first-order chi connectivity index (χ1) is 11.7. The van der Waals surface area contributed by atoms with Gasteiger partial charge in [-0.2, -0.15) is 0 Å². The highest BCUT2D eigenvalue weighted by atomic mass is 15.3. The highest BCUT2D eigenvalue weighted by Crippen LogP contribution is 2.30. The van der Waals surface area contributed by atoms with E-state index < -0.39 is 0 Å². The zero-order chi connectivity index (χ0) is 16.7. The Morgan fingerprint density at radius 3 is 2.17 bits per heavy atom. The van der Waals surface area contributed by atoms with Gasteiger partial charge in [0.1, 0.15) is 0 Å². The molecule has 24 heavy (non-hydrogen) atoms. The molecule has 0 aliphatic carbocycles. The maximum Gasteiger partial charge on any atom is 0.0782 e. The Bertz CT molecular complexity index is 1250. The Labute approximate surface area is 140 Å². The number of nitrogens with zero attached hydrogens (tertiary/aromatic N) is 1. The van der Waals surface area contributed by atoms with Gasteiger partial charge in [-0.15, -0.1) is 0 Å². The second-order valence-electron chi connectivity index (χ2n) is 5.97. The maximum absolute atomic E-state index is 6.51. The third-order valence-electron chi connectivity index (χ3n) is 4.41. The van der Waals surface area contributed by atoms with Gasteiger partial charge >= 0.3 is 0 Å². The van der Waals surface area contributed by atoms with E-state index in [1.165, 1.54) is 5.39 Å². The molecule has 2 N–H and O–H groups in total. The summed E-state index contributed by atoms with van der Waals surface area (Å²) in [6.45, 7) is 8.26. The van der Waals surface area contributed by atoms with Gasteiger partial charge in [0.2, 0.25) is 0 Å². The van der Waals surface area contributed by atoms with E-state index in [9.17, 15) is 0 Å². The monoisotopic (exact) mass is 310 g/mol. The molecule has 2 heteroatoms. The summed E-state index contributed by atoms with van der Waals surface area (Å²) in [6, 6.07) is 24.5. The van der Waals surface area contributed by atoms with Gasteiger partial charge in [0.15, 0.2) is 0 Å². The first-order valence-electron chi connectivity index (χ1n) is 7.89. The van der Waals surface area contributed by atoms with Crippen LogP contribution in [0.3, 0.4) is 0 Å². The number of fused-ring (bicyclic) bond motifs is 5. The highest BCUT2D eigenvalue weighted by molar-refractivity contribution is 6.17. The van der Waals surface area contributed by atoms with Crippen LogP contribution in [0.5, 0.6) is 0 Å². The average molecular weight is 310 g/mol. The standard InChI is InChI=1S/C22H18N2/c1-15-7-3-4-8-16(2)21-19(13-11-15)20-14-12-17-9-5-6-10-18(17)22(20)24(21)23/h3-14H,1-2,23H2. The van der Waals surface area contributed by atoms with Crippen LogP contribution in [0.2, 0.25) is 0 Å². The molecule has 0 aliphatic heterocycles. The first kappa shape index (κ1) is 14.3. The van der Waals surface area contributed by atoms with Gasteiger partial charge in [-0.25, -0.2) is 0 Å². The van der Waals surface area contributed by atoms with Crippen LogP contribution in [0, 0.1) is 0 Å². The molecule has 0 spiro atoms. The second-order valence-corrected chi connectivity index (χ2v) is 5.97. The molecule has 4 aromatic rings. The van der Waals surface area contributed by atoms with Crippen molar-refractivity contribution in [3.05, 3.63) is 83.2 Å². The fourth-order valence-electron chi connectivity index (χ4n) is 3.27. The smallest absolute Gasteiger partial charge is 0.0782 e. The third kappa shape index (κ3) is 2.12. The molecule has 0 aliphatic rings. The number of benzene rings is 2. The average Bonchev–Trinajstić information content (AvgIpc) is 2.89. The van der Waals surface area contributed by atoms with Crippen molar-refractivity contribution in [3.8, 4) is 0 Å². The lowest BCUT2D eigenvalue weighted by Crippen LogP contribution is -2.13. The number of nitrogens with two attached hydrogens (primary N) is 1. The minimum atomic E-state index is 0.884. The summed E-state index contributed by atoms with van der Waals surface area (Å²) in [6.07, 6.45) is 0. The predicted octanol–water partition coefficient (Wildman–Crippen LogP) is 3.61. The molecule has 0 amide bonds. The van der Waals surface area contributed by atoms with E-state index in [0.29, 0.717) is 0 Å². The Hall–Kier alpha value is -3.26. The topological polar surface area (TPSA) is 30.9 Å². The van der Waals surface area contributed by atoms with Crippen molar-refractivity contribution in [3.63, 3.8) is 0 Å². The molecule has 0 unspecified atom stereocenters. The van der Waals surface area contributed by atoms with Crippen molar-refractivity contribution in [1.29, 1.82) is 0 Å². The normalized spacial score (nSPS) is 11.0. The maximum atomic E-state index is 6.51. The molecule has 0 radical (unpaired) electrons. The molecule has 116 valence electrons. The third-order valence-corrected chi connectivity index (χ3v) is 4.41. The highest BCUT2D eigenvalue weighted by Gasteiger charge is 2.10. The molecule has 1 aromatic heterocycles. The Morgan fingerprint density at radius 1 is 0.625 bits per heavy atom. The van der Waals surface area contributed by atoms with Gasteiger partial charge in [0.25, 0.3) is 0 Å². The molecule has 0 saturated heterocycles. The summed E-state index contributed by atoms with van der Waals surface area (Å²) in [5, 5.41) is 6.33. The quantitative estimate of drug-likeness (QED) is 0.494. The Morgan fingerprint density at radius 2 is 1.29 bits per heavy atom. The van der Waals surface area contributed by atoms with Crippen LogP contribution in [0.1, 0.15) is 0 Å². The van der Waals surface area contributed by atoms with Crippen LogP contribution in [-0.4, -0.2) is 4.68 Å². The zero-order valence-corrected chi connectivity index (χ0v) is 13.4. The van der Waals surface area contributed by atoms with E-state index in [0.717, 1.165) is 37.6 Å². The summed E-state index contributed by atoms with van der Waals surface area (Å²) < 4.78 is 1.76. The van der Waals surface area contributed by atoms with Crippen LogP contribution in [0.25, 0.3) is 45.7 Å². The lowest BCUT2D eigenvalue weighted by Gasteiger charge is -2.03. The summed E-state index contributed by atoms with van der Waals surface area (Å²) in [7, 11) is 0. The van der Waals surface area contributed by atoms with Crippen molar-refractivity contribution in [2.45, 2.75) is 0 Å². The van der Waals surface area contributed by atoms with E-state index in [-0.39, 0.29) is 0 Å². The zero-order valence-electron chi connectivity index (χ0n) is 13.4. The van der Waals surface area contributed by atoms with E-state index >= 15 is 0 Å². The molecule has 0 saturated carbocycles.